The SMILES string of the molecule is Cl.NCC(=O)NCCNC(=O)c1cccs1. The molecule has 1 heterocycles. The Labute approximate surface area is 104 Å². The van der Waals surface area contributed by atoms with Crippen molar-refractivity contribution in [3.05, 3.63) is 22.4 Å². The first-order valence-electron chi connectivity index (χ1n) is 4.52. The van der Waals surface area contributed by atoms with Crippen LogP contribution in [0, 0.1) is 0 Å². The molecule has 0 spiro atoms. The monoisotopic (exact) mass is 263 g/mol. The van der Waals surface area contributed by atoms with Crippen molar-refractivity contribution in [2.75, 3.05) is 19.6 Å². The lowest BCUT2D eigenvalue weighted by molar-refractivity contribution is -0.119. The van der Waals surface area contributed by atoms with Crippen LogP contribution >= 0.6 is 23.7 Å². The van der Waals surface area contributed by atoms with Crippen molar-refractivity contribution in [3.63, 3.8) is 0 Å². The van der Waals surface area contributed by atoms with Gasteiger partial charge in [0.15, 0.2) is 0 Å². The lowest BCUT2D eigenvalue weighted by atomic mass is 10.4. The van der Waals surface area contributed by atoms with E-state index >= 15 is 0 Å². The topological polar surface area (TPSA) is 84.2 Å². The predicted octanol–water partition coefficient (Wildman–Crippen LogP) is -0.0254. The highest BCUT2D eigenvalue weighted by molar-refractivity contribution is 7.12. The zero-order valence-corrected chi connectivity index (χ0v) is 10.2. The summed E-state index contributed by atoms with van der Waals surface area (Å²) < 4.78 is 0. The van der Waals surface area contributed by atoms with Crippen LogP contribution in [0.3, 0.4) is 0 Å². The van der Waals surface area contributed by atoms with E-state index in [1.54, 1.807) is 6.07 Å². The highest BCUT2D eigenvalue weighted by Crippen LogP contribution is 2.07. The van der Waals surface area contributed by atoms with Gasteiger partial charge in [-0.3, -0.25) is 9.59 Å². The van der Waals surface area contributed by atoms with E-state index in [1.165, 1.54) is 11.3 Å². The molecule has 0 bridgehead atoms. The molecule has 7 heteroatoms. The number of hydrogen-bond acceptors (Lipinski definition) is 4. The second-order valence-electron chi connectivity index (χ2n) is 2.79. The highest BCUT2D eigenvalue weighted by Gasteiger charge is 2.04. The average Bonchev–Trinajstić information content (AvgIpc) is 2.77. The lowest BCUT2D eigenvalue weighted by Gasteiger charge is -2.04. The highest BCUT2D eigenvalue weighted by atomic mass is 35.5. The van der Waals surface area contributed by atoms with Crippen LogP contribution in [0.2, 0.25) is 0 Å². The summed E-state index contributed by atoms with van der Waals surface area (Å²) in [5.41, 5.74) is 5.09. The van der Waals surface area contributed by atoms with Crippen molar-refractivity contribution >= 4 is 35.6 Å². The molecule has 0 radical (unpaired) electrons. The minimum atomic E-state index is -0.222. The maximum absolute atomic E-state index is 11.4. The van der Waals surface area contributed by atoms with E-state index in [4.69, 9.17) is 5.73 Å². The van der Waals surface area contributed by atoms with Gasteiger partial charge in [-0.2, -0.15) is 0 Å². The maximum atomic E-state index is 11.4. The minimum Gasteiger partial charge on any atom is -0.353 e. The quantitative estimate of drug-likeness (QED) is 0.653. The van der Waals surface area contributed by atoms with Gasteiger partial charge in [0, 0.05) is 13.1 Å². The summed E-state index contributed by atoms with van der Waals surface area (Å²) in [6.45, 7) is 0.772. The summed E-state index contributed by atoms with van der Waals surface area (Å²) in [5, 5.41) is 7.08. The van der Waals surface area contributed by atoms with Gasteiger partial charge in [0.1, 0.15) is 0 Å². The third-order valence-corrected chi connectivity index (χ3v) is 2.53. The van der Waals surface area contributed by atoms with Gasteiger partial charge in [-0.1, -0.05) is 6.07 Å². The summed E-state index contributed by atoms with van der Waals surface area (Å²) in [6, 6.07) is 3.56. The third kappa shape index (κ3) is 5.11. The van der Waals surface area contributed by atoms with Gasteiger partial charge in [0.2, 0.25) is 5.91 Å². The zero-order valence-electron chi connectivity index (χ0n) is 8.56. The fourth-order valence-electron chi connectivity index (χ4n) is 0.945. The van der Waals surface area contributed by atoms with Crippen LogP contribution in [0.15, 0.2) is 17.5 Å². The molecule has 1 aromatic rings. The molecule has 0 atom stereocenters. The van der Waals surface area contributed by atoms with Gasteiger partial charge < -0.3 is 16.4 Å². The first-order chi connectivity index (χ1) is 7.24. The molecule has 1 aromatic heterocycles. The molecule has 4 N–H and O–H groups in total. The summed E-state index contributed by atoms with van der Waals surface area (Å²) in [5.74, 6) is -0.340. The molecule has 0 saturated carbocycles. The Bertz CT molecular complexity index is 330. The van der Waals surface area contributed by atoms with Crippen LogP contribution in [-0.4, -0.2) is 31.4 Å². The summed E-state index contributed by atoms with van der Waals surface area (Å²) >= 11 is 1.38. The second kappa shape index (κ2) is 8.09. The normalized spacial score (nSPS) is 9.06. The molecule has 1 rings (SSSR count). The fourth-order valence-corrected chi connectivity index (χ4v) is 1.59. The number of carbonyl (C=O) groups excluding carboxylic acids is 2. The molecule has 0 aromatic carbocycles. The van der Waals surface area contributed by atoms with E-state index in [-0.39, 0.29) is 30.8 Å². The van der Waals surface area contributed by atoms with Crippen LogP contribution in [0.1, 0.15) is 9.67 Å². The summed E-state index contributed by atoms with van der Waals surface area (Å²) in [7, 11) is 0. The molecule has 0 unspecified atom stereocenters. The minimum absolute atomic E-state index is 0. The predicted molar refractivity (Wildman–Crippen MR) is 66.0 cm³/mol. The molecule has 5 nitrogen and oxygen atoms in total. The van der Waals surface area contributed by atoms with Gasteiger partial charge in [-0.15, -0.1) is 23.7 Å². The van der Waals surface area contributed by atoms with Crippen molar-refractivity contribution in [3.8, 4) is 0 Å². The van der Waals surface area contributed by atoms with Crippen molar-refractivity contribution in [2.45, 2.75) is 0 Å². The smallest absolute Gasteiger partial charge is 0.261 e. The van der Waals surface area contributed by atoms with E-state index in [1.807, 2.05) is 11.4 Å². The molecule has 0 saturated heterocycles. The first kappa shape index (κ1) is 14.9. The van der Waals surface area contributed by atoms with E-state index in [0.717, 1.165) is 0 Å². The number of rotatable bonds is 5. The van der Waals surface area contributed by atoms with Gasteiger partial charge in [0.05, 0.1) is 11.4 Å². The Hall–Kier alpha value is -1.11. The number of hydrogen-bond donors (Lipinski definition) is 3. The Kier molecular flexibility index (Phi) is 7.53. The summed E-state index contributed by atoms with van der Waals surface area (Å²) in [6.07, 6.45) is 0. The van der Waals surface area contributed by atoms with Crippen molar-refractivity contribution in [2.24, 2.45) is 5.73 Å². The number of halogens is 1. The Morgan fingerprint density at radius 3 is 2.56 bits per heavy atom. The molecule has 0 aliphatic heterocycles. The Morgan fingerprint density at radius 1 is 1.31 bits per heavy atom. The first-order valence-corrected chi connectivity index (χ1v) is 5.40. The second-order valence-corrected chi connectivity index (χ2v) is 3.73. The van der Waals surface area contributed by atoms with E-state index in [0.29, 0.717) is 18.0 Å². The molecular formula is C9H14ClN3O2S. The van der Waals surface area contributed by atoms with Gasteiger partial charge >= 0.3 is 0 Å². The van der Waals surface area contributed by atoms with Gasteiger partial charge in [-0.25, -0.2) is 0 Å². The Morgan fingerprint density at radius 2 is 2.00 bits per heavy atom. The maximum Gasteiger partial charge on any atom is 0.261 e. The molecule has 0 aliphatic rings. The van der Waals surface area contributed by atoms with Crippen molar-refractivity contribution in [1.82, 2.24) is 10.6 Å². The third-order valence-electron chi connectivity index (χ3n) is 1.66. The van der Waals surface area contributed by atoms with E-state index < -0.39 is 0 Å². The van der Waals surface area contributed by atoms with Crippen LogP contribution < -0.4 is 16.4 Å². The number of nitrogens with two attached hydrogens (primary N) is 1. The van der Waals surface area contributed by atoms with Crippen molar-refractivity contribution in [1.29, 1.82) is 0 Å². The van der Waals surface area contributed by atoms with Gasteiger partial charge in [-0.05, 0) is 11.4 Å². The zero-order chi connectivity index (χ0) is 11.1. The number of carbonyl (C=O) groups is 2. The molecule has 2 amide bonds. The largest absolute Gasteiger partial charge is 0.353 e. The average molecular weight is 264 g/mol. The van der Waals surface area contributed by atoms with E-state index in [9.17, 15) is 9.59 Å². The number of nitrogens with one attached hydrogen (secondary N) is 2. The van der Waals surface area contributed by atoms with Crippen LogP contribution in [0.25, 0.3) is 0 Å². The molecule has 0 aliphatic carbocycles. The van der Waals surface area contributed by atoms with Gasteiger partial charge in [0.25, 0.3) is 5.91 Å². The standard InChI is InChI=1S/C9H13N3O2S.ClH/c10-6-8(13)11-3-4-12-9(14)7-2-1-5-15-7;/h1-2,5H,3-4,6,10H2,(H,11,13)(H,12,14);1H. The van der Waals surface area contributed by atoms with Crippen LogP contribution in [0.5, 0.6) is 0 Å². The van der Waals surface area contributed by atoms with Crippen molar-refractivity contribution < 1.29 is 9.59 Å². The van der Waals surface area contributed by atoms with E-state index in [2.05, 4.69) is 10.6 Å². The summed E-state index contributed by atoms with van der Waals surface area (Å²) in [4.78, 5) is 22.8. The molecule has 0 fully saturated rings. The number of amides is 2. The lowest BCUT2D eigenvalue weighted by Crippen LogP contribution is -2.37. The molecular weight excluding hydrogens is 250 g/mol. The molecule has 90 valence electrons. The van der Waals surface area contributed by atoms with Crippen LogP contribution in [-0.2, 0) is 4.79 Å². The molecule has 16 heavy (non-hydrogen) atoms. The number of thiophene rings is 1. The Balaban J connectivity index is 0.00000225. The fraction of sp³-hybridized carbons (Fsp3) is 0.333. The van der Waals surface area contributed by atoms with Crippen LogP contribution in [0.4, 0.5) is 0 Å².